The van der Waals surface area contributed by atoms with Crippen LogP contribution in [0.15, 0.2) is 121 Å². The average Bonchev–Trinajstić information content (AvgIpc) is 3.67. The molecule has 2 atom stereocenters. The highest BCUT2D eigenvalue weighted by atomic mass is 16.5. The highest BCUT2D eigenvalue weighted by Crippen LogP contribution is 2.76. The second-order valence-corrected chi connectivity index (χ2v) is 22.1. The molecule has 308 valence electrons. The summed E-state index contributed by atoms with van der Waals surface area (Å²) < 4.78 is 10.6. The Bertz CT molecular complexity index is 2850. The van der Waals surface area contributed by atoms with Crippen molar-refractivity contribution in [2.75, 3.05) is 0 Å². The van der Waals surface area contributed by atoms with E-state index in [1.165, 1.54) is 55.8 Å². The first-order valence-corrected chi connectivity index (χ1v) is 21.7. The van der Waals surface area contributed by atoms with E-state index in [1.807, 2.05) is 6.20 Å². The highest BCUT2D eigenvalue weighted by Gasteiger charge is 2.78. The minimum atomic E-state index is -0.112. The zero-order valence-electron chi connectivity index (χ0n) is 38.3. The van der Waals surface area contributed by atoms with Crippen LogP contribution in [-0.4, -0.2) is 9.55 Å². The summed E-state index contributed by atoms with van der Waals surface area (Å²) in [5.41, 5.74) is 12.5. The van der Waals surface area contributed by atoms with Gasteiger partial charge in [-0.15, -0.1) is 0 Å². The summed E-state index contributed by atoms with van der Waals surface area (Å²) in [6, 6.07) is 43.0. The van der Waals surface area contributed by atoms with E-state index in [0.717, 1.165) is 28.4 Å². The molecule has 5 heteroatoms. The van der Waals surface area contributed by atoms with E-state index in [1.54, 1.807) is 0 Å². The van der Waals surface area contributed by atoms with Gasteiger partial charge in [-0.25, -0.2) is 4.98 Å². The van der Waals surface area contributed by atoms with Gasteiger partial charge in [0.1, 0.15) is 17.3 Å². The van der Waals surface area contributed by atoms with Gasteiger partial charge in [-0.05, 0) is 85.7 Å². The van der Waals surface area contributed by atoms with Crippen LogP contribution in [0, 0.1) is 12.1 Å². The Balaban J connectivity index is 1.19. The maximum absolute atomic E-state index is 7.06. The fourth-order valence-corrected chi connectivity index (χ4v) is 9.18. The van der Waals surface area contributed by atoms with Gasteiger partial charge in [-0.1, -0.05) is 133 Å². The van der Waals surface area contributed by atoms with Crippen molar-refractivity contribution < 1.29 is 4.74 Å². The van der Waals surface area contributed by atoms with Crippen molar-refractivity contribution in [1.29, 1.82) is 0 Å². The molecule has 5 nitrogen and oxygen atoms in total. The molecule has 1 fully saturated rings. The summed E-state index contributed by atoms with van der Waals surface area (Å²) in [7, 11) is 0. The summed E-state index contributed by atoms with van der Waals surface area (Å²) in [5, 5.41) is 2.37. The van der Waals surface area contributed by atoms with Crippen LogP contribution in [0.3, 0.4) is 0 Å². The molecule has 0 radical (unpaired) electrons. The molecule has 0 bridgehead atoms. The maximum Gasteiger partial charge on any atom is 0.225 e. The van der Waals surface area contributed by atoms with E-state index in [9.17, 15) is 0 Å². The lowest BCUT2D eigenvalue weighted by Gasteiger charge is -2.41. The van der Waals surface area contributed by atoms with E-state index in [0.29, 0.717) is 9.18 Å². The SMILES string of the molecule is CC(C)(C)c1cc(Oc2ccc3c4ccccc4n(-c4cc(C(C)(C)C(C)(C)C)ccn4)c3c2)cc([N+]23[CH-][N@+]2(c2cccc(C(C)(C)C)c2)c2ccc(C(C)(C)C)cc23)c1. The van der Waals surface area contributed by atoms with Crippen molar-refractivity contribution in [2.24, 2.45) is 5.41 Å². The van der Waals surface area contributed by atoms with E-state index in [4.69, 9.17) is 9.72 Å². The monoisotopic (exact) mass is 795 g/mol. The largest absolute Gasteiger partial charge is 0.457 e. The summed E-state index contributed by atoms with van der Waals surface area (Å²) in [5.74, 6) is 2.54. The second-order valence-electron chi connectivity index (χ2n) is 22.1. The summed E-state index contributed by atoms with van der Waals surface area (Å²) in [4.78, 5) is 4.99. The van der Waals surface area contributed by atoms with Crippen LogP contribution < -0.4 is 13.9 Å². The van der Waals surface area contributed by atoms with E-state index in [2.05, 4.69) is 223 Å². The van der Waals surface area contributed by atoms with Gasteiger partial charge < -0.3 is 4.74 Å². The first kappa shape index (κ1) is 40.2. The number of ether oxygens (including phenoxy) is 1. The highest BCUT2D eigenvalue weighted by molar-refractivity contribution is 6.09. The molecule has 5 aromatic carbocycles. The molecule has 2 aliphatic rings. The lowest BCUT2D eigenvalue weighted by atomic mass is 9.65. The molecule has 1 saturated heterocycles. The van der Waals surface area contributed by atoms with E-state index < -0.39 is 0 Å². The van der Waals surface area contributed by atoms with Crippen LogP contribution in [0.1, 0.15) is 119 Å². The Hall–Kier alpha value is -5.23. The molecule has 0 spiro atoms. The van der Waals surface area contributed by atoms with Crippen LogP contribution in [-0.2, 0) is 21.7 Å². The van der Waals surface area contributed by atoms with Crippen molar-refractivity contribution in [3.63, 3.8) is 0 Å². The molecule has 0 aliphatic carbocycles. The van der Waals surface area contributed by atoms with Crippen LogP contribution in [0.4, 0.5) is 22.7 Å². The van der Waals surface area contributed by atoms with Gasteiger partial charge in [-0.2, -0.15) is 9.18 Å². The number of hydrogen-bond donors (Lipinski definition) is 0. The fraction of sp³-hybridized carbons (Fsp3) is 0.345. The number of nitrogens with zero attached hydrogens (tertiary/aromatic N) is 4. The molecule has 9 rings (SSSR count). The molecule has 1 unspecified atom stereocenters. The number of hydrogen-bond acceptors (Lipinski definition) is 2. The molecule has 7 aromatic rings. The Morgan fingerprint density at radius 1 is 0.483 bits per heavy atom. The van der Waals surface area contributed by atoms with E-state index >= 15 is 0 Å². The molecule has 2 aliphatic heterocycles. The number of fused-ring (bicyclic) bond motifs is 7. The molecular weight excluding hydrogens is 733 g/mol. The fourth-order valence-electron chi connectivity index (χ4n) is 9.18. The molecule has 60 heavy (non-hydrogen) atoms. The quantitative estimate of drug-likeness (QED) is 0.0952. The van der Waals surface area contributed by atoms with Crippen molar-refractivity contribution in [1.82, 2.24) is 18.7 Å². The number of benzene rings is 5. The Morgan fingerprint density at radius 2 is 1.13 bits per heavy atom. The van der Waals surface area contributed by atoms with Gasteiger partial charge in [0.25, 0.3) is 0 Å². The molecule has 0 saturated carbocycles. The maximum atomic E-state index is 7.06. The van der Waals surface area contributed by atoms with Gasteiger partial charge in [0, 0.05) is 59.4 Å². The average molecular weight is 796 g/mol. The van der Waals surface area contributed by atoms with Crippen LogP contribution in [0.5, 0.6) is 11.5 Å². The van der Waals surface area contributed by atoms with Gasteiger partial charge in [0.2, 0.25) is 11.4 Å². The lowest BCUT2D eigenvalue weighted by Crippen LogP contribution is -2.47. The Morgan fingerprint density at radius 3 is 1.83 bits per heavy atom. The second kappa shape index (κ2) is 12.9. The number of rotatable bonds is 6. The zero-order chi connectivity index (χ0) is 43.0. The Kier molecular flexibility index (Phi) is 8.64. The molecule has 0 N–H and O–H groups in total. The normalized spacial score (nSPS) is 19.2. The smallest absolute Gasteiger partial charge is 0.225 e. The predicted molar refractivity (Wildman–Crippen MR) is 254 cm³/mol. The molecule has 4 heterocycles. The van der Waals surface area contributed by atoms with Crippen molar-refractivity contribution in [3.05, 3.63) is 150 Å². The van der Waals surface area contributed by atoms with Crippen LogP contribution >= 0.6 is 0 Å². The predicted octanol–water partition coefficient (Wildman–Crippen LogP) is 15.5. The zero-order valence-corrected chi connectivity index (χ0v) is 38.3. The lowest BCUT2D eigenvalue weighted by molar-refractivity contribution is 0.225. The summed E-state index contributed by atoms with van der Waals surface area (Å²) in [6.45, 7) is 34.8. The topological polar surface area (TPSA) is 27.1 Å². The standard InChI is InChI=1S/C55H63N4O/c1-51(2,3)36-18-17-19-40(28-36)58-35-59(58,49-31-37(52(4,5)6)22-25-48(49)58)41-29-39(53(7,8)9)30-43(33-41)60-42-23-24-45-44-20-15-16-21-46(44)57(47(45)34-42)50-32-38(26-27-56-50)55(13,14)54(10,11)12/h15-35H,1-14H3/q+1/t58-,59?/m0/s1. The van der Waals surface area contributed by atoms with Crippen LogP contribution in [0.2, 0.25) is 0 Å². The number of pyridine rings is 1. The van der Waals surface area contributed by atoms with E-state index in [-0.39, 0.29) is 27.1 Å². The molecule has 0 amide bonds. The minimum Gasteiger partial charge on any atom is -0.457 e. The number of para-hydroxylation sites is 1. The van der Waals surface area contributed by atoms with Gasteiger partial charge >= 0.3 is 0 Å². The van der Waals surface area contributed by atoms with Gasteiger partial charge in [0.15, 0.2) is 18.0 Å². The van der Waals surface area contributed by atoms with Gasteiger partial charge in [-0.3, -0.25) is 4.57 Å². The third-order valence-electron chi connectivity index (χ3n) is 14.1. The summed E-state index contributed by atoms with van der Waals surface area (Å²) in [6.07, 6.45) is 1.96. The van der Waals surface area contributed by atoms with Crippen LogP contribution in [0.25, 0.3) is 27.6 Å². The van der Waals surface area contributed by atoms with Crippen molar-refractivity contribution in [2.45, 2.75) is 119 Å². The molecule has 2 aromatic heterocycles. The first-order chi connectivity index (χ1) is 28.0. The van der Waals surface area contributed by atoms with Crippen molar-refractivity contribution in [3.8, 4) is 17.3 Å². The third kappa shape index (κ3) is 5.98. The molecular formula is C55H63N4O+. The minimum absolute atomic E-state index is 0.0225. The van der Waals surface area contributed by atoms with Gasteiger partial charge in [0.05, 0.1) is 11.0 Å². The van der Waals surface area contributed by atoms with Crippen molar-refractivity contribution >= 4 is 44.6 Å². The summed E-state index contributed by atoms with van der Waals surface area (Å²) >= 11 is 0. The number of quaternary nitrogens is 2. The first-order valence-electron chi connectivity index (χ1n) is 21.7. The third-order valence-corrected chi connectivity index (χ3v) is 14.1. The Labute approximate surface area is 358 Å². The number of aromatic nitrogens is 2.